The molecule has 0 fully saturated rings. The summed E-state index contributed by atoms with van der Waals surface area (Å²) in [7, 11) is 3.04. The zero-order chi connectivity index (χ0) is 8.43. The number of aliphatic hydroxyl groups is 1. The van der Waals surface area contributed by atoms with E-state index in [2.05, 4.69) is 11.8 Å². The molecule has 11 heavy (non-hydrogen) atoms. The highest BCUT2D eigenvalue weighted by atomic mass is 19.2. The smallest absolute Gasteiger partial charge is 0.232 e. The molecule has 60 valence electrons. The molecule has 1 rings (SSSR count). The van der Waals surface area contributed by atoms with E-state index in [1.165, 1.54) is 0 Å². The van der Waals surface area contributed by atoms with E-state index >= 15 is 0 Å². The van der Waals surface area contributed by atoms with Crippen LogP contribution in [0, 0.1) is 24.6 Å². The molecule has 0 saturated heterocycles. The molecule has 4 heteroatoms. The minimum absolute atomic E-state index is 0.0265. The fourth-order valence-corrected chi connectivity index (χ4v) is 0.633. The van der Waals surface area contributed by atoms with Crippen molar-refractivity contribution in [2.75, 3.05) is 0 Å². The summed E-state index contributed by atoms with van der Waals surface area (Å²) in [4.78, 5) is 0. The van der Waals surface area contributed by atoms with Gasteiger partial charge in [-0.2, -0.15) is 0 Å². The Morgan fingerprint density at radius 3 is 1.91 bits per heavy atom. The molecule has 1 aromatic rings. The standard InChI is InChI=1S/C7H5F3O/c1-11-4-2-5(8)7(10)6(9)3-4/h2-3,11H,1H2. The Bertz CT molecular complexity index is 249. The fraction of sp³-hybridized carbons (Fsp3) is 0. The molecule has 0 bridgehead atoms. The van der Waals surface area contributed by atoms with Crippen molar-refractivity contribution >= 4 is 0 Å². The first-order valence-electron chi connectivity index (χ1n) is 2.76. The first-order valence-corrected chi connectivity index (χ1v) is 2.76. The predicted molar refractivity (Wildman–Crippen MR) is 33.3 cm³/mol. The highest BCUT2D eigenvalue weighted by Gasteiger charge is 2.11. The topological polar surface area (TPSA) is 12.8 Å². The highest BCUT2D eigenvalue weighted by molar-refractivity contribution is 5.24. The maximum Gasteiger partial charge on any atom is 0.232 e. The van der Waals surface area contributed by atoms with E-state index in [1.807, 2.05) is 0 Å². The van der Waals surface area contributed by atoms with E-state index in [-0.39, 0.29) is 5.75 Å². The summed E-state index contributed by atoms with van der Waals surface area (Å²) < 4.78 is 40.1. The number of halogens is 3. The normalized spacial score (nSPS) is 9.82. The Labute approximate surface area is 61.4 Å². The monoisotopic (exact) mass is 162 g/mol. The van der Waals surface area contributed by atoms with E-state index < -0.39 is 17.5 Å². The van der Waals surface area contributed by atoms with Gasteiger partial charge in [0.15, 0.2) is 17.5 Å². The average Bonchev–Trinajstić information content (AvgIpc) is 1.99. The number of benzene rings is 1. The number of ether oxygens (including phenoxy) is 1. The predicted octanol–water partition coefficient (Wildman–Crippen LogP) is 2.14. The van der Waals surface area contributed by atoms with E-state index in [4.69, 9.17) is 0 Å². The van der Waals surface area contributed by atoms with Gasteiger partial charge < -0.3 is 4.74 Å². The first kappa shape index (κ1) is 7.91. The lowest BCUT2D eigenvalue weighted by Gasteiger charge is -2.03. The van der Waals surface area contributed by atoms with Crippen LogP contribution < -0.4 is 0 Å². The van der Waals surface area contributed by atoms with E-state index in [1.54, 1.807) is 0 Å². The largest absolute Gasteiger partial charge is 0.722 e. The summed E-state index contributed by atoms with van der Waals surface area (Å²) in [5.41, 5.74) is 0. The minimum atomic E-state index is -1.49. The van der Waals surface area contributed by atoms with Crippen LogP contribution in [0.3, 0.4) is 0 Å². The van der Waals surface area contributed by atoms with Crippen molar-refractivity contribution in [3.63, 3.8) is 0 Å². The van der Waals surface area contributed by atoms with Crippen LogP contribution in [0.15, 0.2) is 12.1 Å². The van der Waals surface area contributed by atoms with Crippen LogP contribution in [0.25, 0.3) is 0 Å². The molecule has 0 atom stereocenters. The SMILES string of the molecule is [CH2-][OH+]c1cc(F)c(F)c(F)c1. The Morgan fingerprint density at radius 2 is 1.55 bits per heavy atom. The third-order valence-electron chi connectivity index (χ3n) is 1.15. The quantitative estimate of drug-likeness (QED) is 0.341. The Balaban J connectivity index is 3.21. The second-order valence-electron chi connectivity index (χ2n) is 1.88. The molecule has 0 spiro atoms. The summed E-state index contributed by atoms with van der Waals surface area (Å²) in [6.07, 6.45) is 0. The molecule has 0 aliphatic heterocycles. The van der Waals surface area contributed by atoms with Crippen molar-refractivity contribution in [1.82, 2.24) is 0 Å². The molecular formula is C7H5F3O. The molecule has 0 unspecified atom stereocenters. The van der Waals surface area contributed by atoms with E-state index in [0.717, 1.165) is 12.1 Å². The molecule has 0 radical (unpaired) electrons. The van der Waals surface area contributed by atoms with E-state index in [9.17, 15) is 13.2 Å². The highest BCUT2D eigenvalue weighted by Crippen LogP contribution is 2.19. The third kappa shape index (κ3) is 1.45. The molecule has 0 aromatic heterocycles. The Hall–Kier alpha value is -1.19. The van der Waals surface area contributed by atoms with Crippen LogP contribution in [0.5, 0.6) is 5.75 Å². The molecule has 0 saturated carbocycles. The van der Waals surface area contributed by atoms with Crippen LogP contribution in [0.2, 0.25) is 0 Å². The number of rotatable bonds is 1. The van der Waals surface area contributed by atoms with Crippen molar-refractivity contribution in [3.05, 3.63) is 36.7 Å². The van der Waals surface area contributed by atoms with Gasteiger partial charge in [-0.25, -0.2) is 13.2 Å². The molecule has 0 aliphatic rings. The maximum absolute atomic E-state index is 12.3. The van der Waals surface area contributed by atoms with Gasteiger partial charge >= 0.3 is 0 Å². The van der Waals surface area contributed by atoms with E-state index in [0.29, 0.717) is 0 Å². The van der Waals surface area contributed by atoms with Crippen LogP contribution in [-0.4, -0.2) is 4.74 Å². The molecule has 1 N–H and O–H groups in total. The fourth-order valence-electron chi connectivity index (χ4n) is 0.633. The minimum Gasteiger partial charge on any atom is -0.722 e. The lowest BCUT2D eigenvalue weighted by atomic mass is 10.3. The summed E-state index contributed by atoms with van der Waals surface area (Å²) in [6.45, 7) is 0. The zero-order valence-corrected chi connectivity index (χ0v) is 5.44. The van der Waals surface area contributed by atoms with Gasteiger partial charge in [0.2, 0.25) is 5.75 Å². The van der Waals surface area contributed by atoms with Gasteiger partial charge in [-0.1, -0.05) is 0 Å². The maximum atomic E-state index is 12.3. The number of aromatic hydroxyl groups is 1. The van der Waals surface area contributed by atoms with Crippen LogP contribution in [0.4, 0.5) is 13.2 Å². The Morgan fingerprint density at radius 1 is 1.09 bits per heavy atom. The van der Waals surface area contributed by atoms with Gasteiger partial charge in [0, 0.05) is 0 Å². The van der Waals surface area contributed by atoms with Gasteiger partial charge in [0.05, 0.1) is 12.1 Å². The van der Waals surface area contributed by atoms with Gasteiger partial charge in [-0.15, -0.1) is 0 Å². The second kappa shape index (κ2) is 2.82. The van der Waals surface area contributed by atoms with Crippen molar-refractivity contribution < 1.29 is 17.9 Å². The van der Waals surface area contributed by atoms with Crippen molar-refractivity contribution in [2.45, 2.75) is 0 Å². The average molecular weight is 162 g/mol. The summed E-state index contributed by atoms with van der Waals surface area (Å²) >= 11 is 0. The van der Waals surface area contributed by atoms with Crippen molar-refractivity contribution in [3.8, 4) is 5.75 Å². The van der Waals surface area contributed by atoms with Gasteiger partial charge in [-0.3, -0.25) is 0 Å². The van der Waals surface area contributed by atoms with Crippen LogP contribution in [0.1, 0.15) is 0 Å². The zero-order valence-electron chi connectivity index (χ0n) is 5.44. The second-order valence-corrected chi connectivity index (χ2v) is 1.88. The molecular weight excluding hydrogens is 157 g/mol. The molecule has 0 amide bonds. The first-order chi connectivity index (χ1) is 5.15. The van der Waals surface area contributed by atoms with Crippen molar-refractivity contribution in [1.29, 1.82) is 0 Å². The van der Waals surface area contributed by atoms with Crippen molar-refractivity contribution in [2.24, 2.45) is 0 Å². The molecule has 0 heterocycles. The summed E-state index contributed by atoms with van der Waals surface area (Å²) in [5.74, 6) is -4.03. The summed E-state index contributed by atoms with van der Waals surface area (Å²) in [5, 5.41) is 0. The van der Waals surface area contributed by atoms with Gasteiger partial charge in [0.1, 0.15) is 0 Å². The van der Waals surface area contributed by atoms with Gasteiger partial charge in [-0.05, 0) is 7.11 Å². The lowest BCUT2D eigenvalue weighted by molar-refractivity contribution is 0.182. The summed E-state index contributed by atoms with van der Waals surface area (Å²) in [6, 6.07) is 1.54. The van der Waals surface area contributed by atoms with Gasteiger partial charge in [0.25, 0.3) is 0 Å². The number of hydrogen-bond donors (Lipinski definition) is 0. The molecule has 0 aliphatic carbocycles. The molecule has 1 nitrogen and oxygen atoms in total. The van der Waals surface area contributed by atoms with Crippen LogP contribution in [-0.2, 0) is 0 Å². The number of hydrogen-bond acceptors (Lipinski definition) is 0. The lowest BCUT2D eigenvalue weighted by Crippen LogP contribution is -1.90. The third-order valence-corrected chi connectivity index (χ3v) is 1.15. The Kier molecular flexibility index (Phi) is 2.03. The van der Waals surface area contributed by atoms with Crippen LogP contribution >= 0.6 is 0 Å². The molecule has 1 aromatic carbocycles.